The van der Waals surface area contributed by atoms with E-state index >= 15 is 0 Å². The molecule has 1 N–H and O–H groups in total. The van der Waals surface area contributed by atoms with Crippen LogP contribution < -0.4 is 10.1 Å². The summed E-state index contributed by atoms with van der Waals surface area (Å²) in [5.74, 6) is 3.32. The lowest BCUT2D eigenvalue weighted by atomic mass is 9.53. The molecule has 4 fully saturated rings. The molecular weight excluding hydrogens is 384 g/mol. The van der Waals surface area contributed by atoms with Gasteiger partial charge in [-0.15, -0.1) is 10.2 Å². The van der Waals surface area contributed by atoms with Gasteiger partial charge in [0, 0.05) is 5.54 Å². The standard InChI is InChI=1S/C22H28N4O2S/c1-14(20(27)24-22-10-15-7-16(11-22)9-17(8-15)12-22)29-21-25-23-13-26(21)18-5-3-4-6-19(18)28-2/h3-6,13-17H,7-12H2,1-2H3,(H,24,27). The minimum Gasteiger partial charge on any atom is -0.495 e. The lowest BCUT2D eigenvalue weighted by Crippen LogP contribution is -2.60. The van der Waals surface area contributed by atoms with E-state index in [1.807, 2.05) is 35.8 Å². The molecule has 6 nitrogen and oxygen atoms in total. The number of thioether (sulfide) groups is 1. The van der Waals surface area contributed by atoms with Gasteiger partial charge in [-0.05, 0) is 75.3 Å². The number of benzene rings is 1. The highest BCUT2D eigenvalue weighted by Crippen LogP contribution is 2.55. The van der Waals surface area contributed by atoms with E-state index in [1.54, 1.807) is 13.4 Å². The maximum atomic E-state index is 13.1. The summed E-state index contributed by atoms with van der Waals surface area (Å²) in [4.78, 5) is 13.1. The Labute approximate surface area is 175 Å². The van der Waals surface area contributed by atoms with Crippen LogP contribution in [0.5, 0.6) is 5.75 Å². The molecule has 0 spiro atoms. The molecule has 6 rings (SSSR count). The first-order valence-electron chi connectivity index (χ1n) is 10.6. The van der Waals surface area contributed by atoms with E-state index in [0.717, 1.165) is 29.2 Å². The van der Waals surface area contributed by atoms with Gasteiger partial charge in [0.1, 0.15) is 12.1 Å². The van der Waals surface area contributed by atoms with E-state index in [2.05, 4.69) is 15.5 Å². The minimum atomic E-state index is -0.235. The first-order valence-corrected chi connectivity index (χ1v) is 11.5. The summed E-state index contributed by atoms with van der Waals surface area (Å²) in [6.45, 7) is 1.96. The Morgan fingerprint density at radius 3 is 2.52 bits per heavy atom. The number of para-hydroxylation sites is 2. The fraction of sp³-hybridized carbons (Fsp3) is 0.591. The maximum absolute atomic E-state index is 13.1. The van der Waals surface area contributed by atoms with Crippen LogP contribution in [0.25, 0.3) is 5.69 Å². The van der Waals surface area contributed by atoms with Crippen molar-refractivity contribution < 1.29 is 9.53 Å². The summed E-state index contributed by atoms with van der Waals surface area (Å²) in [6.07, 6.45) is 9.30. The van der Waals surface area contributed by atoms with Gasteiger partial charge >= 0.3 is 0 Å². The zero-order valence-corrected chi connectivity index (χ0v) is 17.8. The zero-order chi connectivity index (χ0) is 20.0. The fourth-order valence-electron chi connectivity index (χ4n) is 6.14. The van der Waals surface area contributed by atoms with Crippen LogP contribution in [0.15, 0.2) is 35.7 Å². The van der Waals surface area contributed by atoms with Crippen LogP contribution in [0.2, 0.25) is 0 Å². The van der Waals surface area contributed by atoms with Crippen LogP contribution in [-0.2, 0) is 4.79 Å². The van der Waals surface area contributed by atoms with Gasteiger partial charge in [-0.3, -0.25) is 9.36 Å². The molecule has 1 atom stereocenters. The average molecular weight is 413 g/mol. The van der Waals surface area contributed by atoms with Crippen molar-refractivity contribution in [2.75, 3.05) is 7.11 Å². The van der Waals surface area contributed by atoms with E-state index in [9.17, 15) is 4.79 Å². The molecule has 0 radical (unpaired) electrons. The second kappa shape index (κ2) is 7.35. The second-order valence-electron chi connectivity index (χ2n) is 9.10. The molecule has 1 heterocycles. The van der Waals surface area contributed by atoms with Crippen molar-refractivity contribution in [3.8, 4) is 11.4 Å². The van der Waals surface area contributed by atoms with Gasteiger partial charge in [-0.25, -0.2) is 0 Å². The number of ether oxygens (including phenoxy) is 1. The molecule has 2 aromatic rings. The highest BCUT2D eigenvalue weighted by atomic mass is 32.2. The van der Waals surface area contributed by atoms with Crippen molar-refractivity contribution in [1.29, 1.82) is 0 Å². The molecule has 4 bridgehead atoms. The molecule has 4 aliphatic carbocycles. The van der Waals surface area contributed by atoms with Crippen molar-refractivity contribution in [3.05, 3.63) is 30.6 Å². The monoisotopic (exact) mass is 412 g/mol. The van der Waals surface area contributed by atoms with Gasteiger partial charge in [-0.2, -0.15) is 0 Å². The van der Waals surface area contributed by atoms with Gasteiger partial charge in [0.05, 0.1) is 18.0 Å². The number of nitrogens with zero attached hydrogens (tertiary/aromatic N) is 3. The summed E-state index contributed by atoms with van der Waals surface area (Å²) in [5.41, 5.74) is 0.910. The van der Waals surface area contributed by atoms with Crippen LogP contribution in [0.4, 0.5) is 0 Å². The summed E-state index contributed by atoms with van der Waals surface area (Å²) < 4.78 is 7.36. The van der Waals surface area contributed by atoms with Crippen LogP contribution >= 0.6 is 11.8 Å². The van der Waals surface area contributed by atoms with E-state index in [-0.39, 0.29) is 16.7 Å². The van der Waals surface area contributed by atoms with Crippen molar-refractivity contribution in [2.24, 2.45) is 17.8 Å². The summed E-state index contributed by atoms with van der Waals surface area (Å²) in [5, 5.41) is 12.3. The number of hydrogen-bond acceptors (Lipinski definition) is 5. The predicted molar refractivity (Wildman–Crippen MR) is 112 cm³/mol. The highest BCUT2D eigenvalue weighted by Gasteiger charge is 2.51. The number of hydrogen-bond donors (Lipinski definition) is 1. The van der Waals surface area contributed by atoms with E-state index in [4.69, 9.17) is 4.74 Å². The number of nitrogens with one attached hydrogen (secondary N) is 1. The summed E-state index contributed by atoms with van der Waals surface area (Å²) >= 11 is 1.45. The minimum absolute atomic E-state index is 0.0387. The van der Waals surface area contributed by atoms with Crippen molar-refractivity contribution in [1.82, 2.24) is 20.1 Å². The Bertz CT molecular complexity index is 876. The third kappa shape index (κ3) is 3.54. The smallest absolute Gasteiger partial charge is 0.233 e. The number of amides is 1. The van der Waals surface area contributed by atoms with Crippen molar-refractivity contribution >= 4 is 17.7 Å². The van der Waals surface area contributed by atoms with Gasteiger partial charge in [0.2, 0.25) is 5.91 Å². The SMILES string of the molecule is COc1ccccc1-n1cnnc1SC(C)C(=O)NC12CC3CC(CC(C3)C1)C2. The molecule has 154 valence electrons. The van der Waals surface area contributed by atoms with Crippen LogP contribution in [0.1, 0.15) is 45.4 Å². The molecule has 1 unspecified atom stereocenters. The first-order chi connectivity index (χ1) is 14.0. The molecule has 1 amide bonds. The predicted octanol–water partition coefficient (Wildman–Crippen LogP) is 3.84. The van der Waals surface area contributed by atoms with E-state index in [1.165, 1.54) is 50.3 Å². The lowest BCUT2D eigenvalue weighted by Gasteiger charge is -2.57. The van der Waals surface area contributed by atoms with Gasteiger partial charge in [0.25, 0.3) is 0 Å². The van der Waals surface area contributed by atoms with Gasteiger partial charge < -0.3 is 10.1 Å². The van der Waals surface area contributed by atoms with Crippen LogP contribution in [0, 0.1) is 17.8 Å². The van der Waals surface area contributed by atoms with Crippen LogP contribution in [0.3, 0.4) is 0 Å². The Hall–Kier alpha value is -2.02. The molecule has 0 saturated heterocycles. The molecular formula is C22H28N4O2S. The molecule has 4 aliphatic rings. The topological polar surface area (TPSA) is 69.0 Å². The number of rotatable bonds is 6. The Morgan fingerprint density at radius 1 is 1.21 bits per heavy atom. The van der Waals surface area contributed by atoms with E-state index in [0.29, 0.717) is 5.16 Å². The van der Waals surface area contributed by atoms with Crippen LogP contribution in [-0.4, -0.2) is 38.6 Å². The third-order valence-corrected chi connectivity index (χ3v) is 8.00. The lowest BCUT2D eigenvalue weighted by molar-refractivity contribution is -0.126. The van der Waals surface area contributed by atoms with E-state index < -0.39 is 0 Å². The third-order valence-electron chi connectivity index (χ3n) is 6.94. The van der Waals surface area contributed by atoms with Crippen molar-refractivity contribution in [3.63, 3.8) is 0 Å². The molecule has 1 aromatic carbocycles. The number of carbonyl (C=O) groups excluding carboxylic acids is 1. The quantitative estimate of drug-likeness (QED) is 0.730. The number of carbonyl (C=O) groups is 1. The molecule has 0 aliphatic heterocycles. The summed E-state index contributed by atoms with van der Waals surface area (Å²) in [6, 6.07) is 7.76. The second-order valence-corrected chi connectivity index (χ2v) is 10.4. The molecule has 7 heteroatoms. The zero-order valence-electron chi connectivity index (χ0n) is 17.0. The Balaban J connectivity index is 1.30. The van der Waals surface area contributed by atoms with Crippen molar-refractivity contribution in [2.45, 2.75) is 61.4 Å². The number of methoxy groups -OCH3 is 1. The molecule has 1 aromatic heterocycles. The fourth-order valence-corrected chi connectivity index (χ4v) is 6.97. The molecule has 4 saturated carbocycles. The first kappa shape index (κ1) is 19.0. The largest absolute Gasteiger partial charge is 0.495 e. The normalized spacial score (nSPS) is 30.9. The average Bonchev–Trinajstić information content (AvgIpc) is 3.14. The maximum Gasteiger partial charge on any atom is 0.233 e. The van der Waals surface area contributed by atoms with Gasteiger partial charge in [0.15, 0.2) is 5.16 Å². The summed E-state index contributed by atoms with van der Waals surface area (Å²) in [7, 11) is 1.65. The van der Waals surface area contributed by atoms with Gasteiger partial charge in [-0.1, -0.05) is 23.9 Å². The number of aromatic nitrogens is 3. The molecule has 29 heavy (non-hydrogen) atoms. The Morgan fingerprint density at radius 2 is 1.86 bits per heavy atom. The Kier molecular flexibility index (Phi) is 4.81. The highest BCUT2D eigenvalue weighted by molar-refractivity contribution is 8.00.